The fraction of sp³-hybridized carbons (Fsp3) is 0.462. The first-order valence-electron chi connectivity index (χ1n) is 6.16. The number of halogens is 2. The molecule has 0 bridgehead atoms. The Morgan fingerprint density at radius 1 is 1.55 bits per heavy atom. The summed E-state index contributed by atoms with van der Waals surface area (Å²) in [6.07, 6.45) is 0. The van der Waals surface area contributed by atoms with E-state index in [4.69, 9.17) is 0 Å². The average Bonchev–Trinajstić information content (AvgIpc) is 2.93. The maximum Gasteiger partial charge on any atom is 0.238 e. The van der Waals surface area contributed by atoms with Gasteiger partial charge in [0.15, 0.2) is 0 Å². The highest BCUT2D eigenvalue weighted by molar-refractivity contribution is 9.10. The van der Waals surface area contributed by atoms with E-state index in [0.29, 0.717) is 11.8 Å². The molecule has 0 aromatic heterocycles. The minimum Gasteiger partial charge on any atom is -0.354 e. The molecule has 1 amide bonds. The standard InChI is InChI=1S/C13H17BrN2OS2.ClH/c1-9(19-11-4-2-10(14)3-5-11)6-15-13(17)12-7-18-8-16-12;/h2-5,9,12,16H,6-8H2,1H3,(H,15,17);1H. The lowest BCUT2D eigenvalue weighted by Gasteiger charge is -2.15. The third kappa shape index (κ3) is 5.85. The van der Waals surface area contributed by atoms with E-state index >= 15 is 0 Å². The second kappa shape index (κ2) is 9.20. The van der Waals surface area contributed by atoms with Crippen molar-refractivity contribution >= 4 is 57.8 Å². The maximum absolute atomic E-state index is 11.8. The second-order valence-electron chi connectivity index (χ2n) is 4.40. The normalized spacial score (nSPS) is 19.2. The molecule has 3 nitrogen and oxygen atoms in total. The second-order valence-corrected chi connectivity index (χ2v) is 7.86. The highest BCUT2D eigenvalue weighted by atomic mass is 79.9. The number of carbonyl (C=O) groups excluding carboxylic acids is 1. The molecule has 1 aromatic carbocycles. The Kier molecular flexibility index (Phi) is 8.36. The third-order valence-corrected chi connectivity index (χ3v) is 5.33. The fourth-order valence-corrected chi connectivity index (χ4v) is 3.85. The molecule has 0 aliphatic carbocycles. The van der Waals surface area contributed by atoms with Gasteiger partial charge in [0.2, 0.25) is 5.91 Å². The van der Waals surface area contributed by atoms with Crippen LogP contribution in [-0.4, -0.2) is 35.4 Å². The van der Waals surface area contributed by atoms with E-state index in [1.807, 2.05) is 12.1 Å². The van der Waals surface area contributed by atoms with Crippen molar-refractivity contribution in [3.8, 4) is 0 Å². The van der Waals surface area contributed by atoms with Crippen LogP contribution in [0.25, 0.3) is 0 Å². The molecule has 0 saturated carbocycles. The molecule has 1 fully saturated rings. The molecule has 1 heterocycles. The molecule has 112 valence electrons. The minimum atomic E-state index is -0.0186. The number of hydrogen-bond donors (Lipinski definition) is 2. The van der Waals surface area contributed by atoms with E-state index in [-0.39, 0.29) is 24.4 Å². The van der Waals surface area contributed by atoms with Crippen molar-refractivity contribution in [2.24, 2.45) is 0 Å². The van der Waals surface area contributed by atoms with E-state index in [2.05, 4.69) is 45.6 Å². The molecule has 2 atom stereocenters. The molecule has 1 aliphatic heterocycles. The molecule has 1 aromatic rings. The van der Waals surface area contributed by atoms with E-state index in [1.54, 1.807) is 23.5 Å². The number of benzene rings is 1. The largest absolute Gasteiger partial charge is 0.354 e. The van der Waals surface area contributed by atoms with Gasteiger partial charge in [-0.15, -0.1) is 35.9 Å². The summed E-state index contributed by atoms with van der Waals surface area (Å²) in [7, 11) is 0. The van der Waals surface area contributed by atoms with Crippen LogP contribution < -0.4 is 10.6 Å². The minimum absolute atomic E-state index is 0. The van der Waals surface area contributed by atoms with Crippen molar-refractivity contribution in [3.05, 3.63) is 28.7 Å². The third-order valence-electron chi connectivity index (χ3n) is 2.75. The van der Waals surface area contributed by atoms with Gasteiger partial charge in [0.25, 0.3) is 0 Å². The average molecular weight is 398 g/mol. The van der Waals surface area contributed by atoms with Gasteiger partial charge in [-0.3, -0.25) is 10.1 Å². The quantitative estimate of drug-likeness (QED) is 0.749. The van der Waals surface area contributed by atoms with Gasteiger partial charge >= 0.3 is 0 Å². The summed E-state index contributed by atoms with van der Waals surface area (Å²) in [6, 6.07) is 8.22. The first-order valence-corrected chi connectivity index (χ1v) is 8.99. The van der Waals surface area contributed by atoms with Crippen molar-refractivity contribution in [1.82, 2.24) is 10.6 Å². The lowest BCUT2D eigenvalue weighted by Crippen LogP contribution is -2.43. The van der Waals surface area contributed by atoms with E-state index in [9.17, 15) is 4.79 Å². The Hall–Kier alpha value is 0.120. The van der Waals surface area contributed by atoms with Crippen LogP contribution in [0.5, 0.6) is 0 Å². The summed E-state index contributed by atoms with van der Waals surface area (Å²) in [5, 5.41) is 6.55. The van der Waals surface area contributed by atoms with E-state index < -0.39 is 0 Å². The van der Waals surface area contributed by atoms with Crippen LogP contribution in [-0.2, 0) is 4.79 Å². The number of thioether (sulfide) groups is 2. The van der Waals surface area contributed by atoms with Crippen LogP contribution in [0.4, 0.5) is 0 Å². The van der Waals surface area contributed by atoms with Crippen molar-refractivity contribution < 1.29 is 4.79 Å². The van der Waals surface area contributed by atoms with Gasteiger partial charge in [0.1, 0.15) is 0 Å². The molecule has 2 N–H and O–H groups in total. The topological polar surface area (TPSA) is 41.1 Å². The predicted molar refractivity (Wildman–Crippen MR) is 94.0 cm³/mol. The Bertz CT molecular complexity index is 427. The summed E-state index contributed by atoms with van der Waals surface area (Å²) in [5.74, 6) is 1.87. The zero-order chi connectivity index (χ0) is 13.7. The van der Waals surface area contributed by atoms with Crippen LogP contribution in [0, 0.1) is 0 Å². The zero-order valence-electron chi connectivity index (χ0n) is 11.1. The summed E-state index contributed by atoms with van der Waals surface area (Å²) in [6.45, 7) is 2.83. The Morgan fingerprint density at radius 2 is 2.25 bits per heavy atom. The molecule has 7 heteroatoms. The highest BCUT2D eigenvalue weighted by Gasteiger charge is 2.22. The zero-order valence-corrected chi connectivity index (χ0v) is 15.1. The molecule has 1 aliphatic rings. The molecular formula is C13H18BrClN2OS2. The van der Waals surface area contributed by atoms with E-state index in [1.165, 1.54) is 4.90 Å². The van der Waals surface area contributed by atoms with Gasteiger partial charge < -0.3 is 5.32 Å². The number of amides is 1. The maximum atomic E-state index is 11.8. The van der Waals surface area contributed by atoms with Crippen LogP contribution in [0.2, 0.25) is 0 Å². The summed E-state index contributed by atoms with van der Waals surface area (Å²) >= 11 is 6.97. The Balaban J connectivity index is 0.00000200. The molecule has 1 saturated heterocycles. The first-order chi connectivity index (χ1) is 9.15. The molecule has 2 rings (SSSR count). The SMILES string of the molecule is CC(CNC(=O)C1CSCN1)Sc1ccc(Br)cc1.Cl. The molecule has 0 radical (unpaired) electrons. The number of nitrogens with one attached hydrogen (secondary N) is 2. The first kappa shape index (κ1) is 18.2. The van der Waals surface area contributed by atoms with Gasteiger partial charge in [0.05, 0.1) is 6.04 Å². The Labute approximate surface area is 143 Å². The van der Waals surface area contributed by atoms with E-state index in [0.717, 1.165) is 16.1 Å². The molecule has 20 heavy (non-hydrogen) atoms. The van der Waals surface area contributed by atoms with Gasteiger partial charge in [-0.2, -0.15) is 0 Å². The van der Waals surface area contributed by atoms with Crippen LogP contribution in [0.15, 0.2) is 33.6 Å². The monoisotopic (exact) mass is 396 g/mol. The number of carbonyl (C=O) groups is 1. The van der Waals surface area contributed by atoms with Crippen molar-refractivity contribution in [1.29, 1.82) is 0 Å². The van der Waals surface area contributed by atoms with Gasteiger partial charge in [-0.05, 0) is 24.3 Å². The highest BCUT2D eigenvalue weighted by Crippen LogP contribution is 2.24. The lowest BCUT2D eigenvalue weighted by atomic mass is 10.3. The van der Waals surface area contributed by atoms with Gasteiger partial charge in [0, 0.05) is 32.8 Å². The van der Waals surface area contributed by atoms with Crippen LogP contribution in [0.1, 0.15) is 6.92 Å². The van der Waals surface area contributed by atoms with Crippen molar-refractivity contribution in [3.63, 3.8) is 0 Å². The molecule has 0 spiro atoms. The van der Waals surface area contributed by atoms with Crippen molar-refractivity contribution in [2.45, 2.75) is 23.1 Å². The number of rotatable bonds is 5. The summed E-state index contributed by atoms with van der Waals surface area (Å²) in [5.41, 5.74) is 0. The Morgan fingerprint density at radius 3 is 2.85 bits per heavy atom. The van der Waals surface area contributed by atoms with Gasteiger partial charge in [-0.25, -0.2) is 0 Å². The van der Waals surface area contributed by atoms with Crippen LogP contribution in [0.3, 0.4) is 0 Å². The van der Waals surface area contributed by atoms with Gasteiger partial charge in [-0.1, -0.05) is 22.9 Å². The predicted octanol–water partition coefficient (Wildman–Crippen LogP) is 3.13. The lowest BCUT2D eigenvalue weighted by molar-refractivity contribution is -0.122. The molecule has 2 unspecified atom stereocenters. The van der Waals surface area contributed by atoms with Crippen molar-refractivity contribution in [2.75, 3.05) is 18.2 Å². The summed E-state index contributed by atoms with van der Waals surface area (Å²) in [4.78, 5) is 13.1. The number of hydrogen-bond acceptors (Lipinski definition) is 4. The van der Waals surface area contributed by atoms with Crippen LogP contribution >= 0.6 is 51.9 Å². The fourth-order valence-electron chi connectivity index (χ4n) is 1.72. The molecular weight excluding hydrogens is 380 g/mol. The smallest absolute Gasteiger partial charge is 0.238 e. The summed E-state index contributed by atoms with van der Waals surface area (Å²) < 4.78 is 1.09.